The summed E-state index contributed by atoms with van der Waals surface area (Å²) in [5.74, 6) is 1.50. The molecule has 4 rings (SSSR count). The second kappa shape index (κ2) is 5.96. The minimum atomic E-state index is -4.39. The molecule has 6 nitrogen and oxygen atoms in total. The molecular weight excluding hydrogens is 357 g/mol. The molecule has 128 valence electrons. The number of nitrogens with zero attached hydrogens (tertiary/aromatic N) is 3. The van der Waals surface area contributed by atoms with Crippen LogP contribution in [0.25, 0.3) is 22.6 Å². The molecule has 0 atom stereocenters. The maximum absolute atomic E-state index is 12.7. The second-order valence-electron chi connectivity index (χ2n) is 5.05. The summed E-state index contributed by atoms with van der Waals surface area (Å²) in [7, 11) is 0. The maximum atomic E-state index is 12.7. The van der Waals surface area contributed by atoms with E-state index in [2.05, 4.69) is 20.1 Å². The Morgan fingerprint density at radius 3 is 2.80 bits per heavy atom. The van der Waals surface area contributed by atoms with Gasteiger partial charge < -0.3 is 13.9 Å². The van der Waals surface area contributed by atoms with Gasteiger partial charge in [0.05, 0.1) is 28.6 Å². The van der Waals surface area contributed by atoms with Gasteiger partial charge in [0.25, 0.3) is 0 Å². The molecule has 3 heterocycles. The zero-order valence-corrected chi connectivity index (χ0v) is 13.2. The van der Waals surface area contributed by atoms with E-state index in [1.165, 1.54) is 24.1 Å². The third-order valence-corrected chi connectivity index (χ3v) is 4.19. The molecule has 0 radical (unpaired) electrons. The topological polar surface area (TPSA) is 80.7 Å². The first-order chi connectivity index (χ1) is 12.0. The van der Waals surface area contributed by atoms with E-state index < -0.39 is 11.7 Å². The number of hydrogen-bond donors (Lipinski definition) is 1. The number of alkyl halides is 3. The SMILES string of the molecule is FC(F)(F)c1ccc2nc(SCc3nc(-c4ccco4)no3)[nH]c2c1. The quantitative estimate of drug-likeness (QED) is 0.535. The number of furan rings is 1. The molecule has 0 bridgehead atoms. The van der Waals surface area contributed by atoms with E-state index in [1.807, 2.05) is 0 Å². The number of aromatic amines is 1. The summed E-state index contributed by atoms with van der Waals surface area (Å²) in [5, 5.41) is 4.27. The Morgan fingerprint density at radius 1 is 1.16 bits per heavy atom. The number of rotatable bonds is 4. The third-order valence-electron chi connectivity index (χ3n) is 3.33. The van der Waals surface area contributed by atoms with Crippen molar-refractivity contribution in [3.05, 3.63) is 48.0 Å². The van der Waals surface area contributed by atoms with Crippen LogP contribution in [0.1, 0.15) is 11.5 Å². The highest BCUT2D eigenvalue weighted by molar-refractivity contribution is 7.98. The van der Waals surface area contributed by atoms with Crippen molar-refractivity contribution in [2.24, 2.45) is 0 Å². The van der Waals surface area contributed by atoms with Gasteiger partial charge in [-0.2, -0.15) is 18.2 Å². The Balaban J connectivity index is 1.49. The van der Waals surface area contributed by atoms with Crippen LogP contribution in [-0.4, -0.2) is 20.1 Å². The minimum Gasteiger partial charge on any atom is -0.461 e. The number of thioether (sulfide) groups is 1. The van der Waals surface area contributed by atoms with Gasteiger partial charge in [0.2, 0.25) is 11.7 Å². The van der Waals surface area contributed by atoms with Crippen molar-refractivity contribution < 1.29 is 22.1 Å². The first kappa shape index (κ1) is 15.8. The number of fused-ring (bicyclic) bond motifs is 1. The largest absolute Gasteiger partial charge is 0.461 e. The van der Waals surface area contributed by atoms with E-state index in [1.54, 1.807) is 12.1 Å². The molecule has 10 heteroatoms. The van der Waals surface area contributed by atoms with E-state index in [-0.39, 0.29) is 0 Å². The highest BCUT2D eigenvalue weighted by Gasteiger charge is 2.30. The molecule has 0 unspecified atom stereocenters. The summed E-state index contributed by atoms with van der Waals surface area (Å²) in [6.07, 6.45) is -2.89. The molecule has 0 spiro atoms. The van der Waals surface area contributed by atoms with Crippen molar-refractivity contribution in [2.45, 2.75) is 17.1 Å². The number of hydrogen-bond acceptors (Lipinski definition) is 6. The molecule has 25 heavy (non-hydrogen) atoms. The molecule has 0 saturated heterocycles. The smallest absolute Gasteiger partial charge is 0.416 e. The van der Waals surface area contributed by atoms with E-state index in [9.17, 15) is 13.2 Å². The molecule has 0 aliphatic heterocycles. The van der Waals surface area contributed by atoms with Gasteiger partial charge in [0.15, 0.2) is 10.9 Å². The average molecular weight is 366 g/mol. The van der Waals surface area contributed by atoms with Crippen molar-refractivity contribution in [3.63, 3.8) is 0 Å². The van der Waals surface area contributed by atoms with Crippen molar-refractivity contribution in [1.82, 2.24) is 20.1 Å². The molecule has 0 aliphatic rings. The van der Waals surface area contributed by atoms with Crippen LogP contribution in [0.5, 0.6) is 0 Å². The lowest BCUT2D eigenvalue weighted by Gasteiger charge is -2.05. The highest BCUT2D eigenvalue weighted by Crippen LogP contribution is 2.32. The molecular formula is C15H9F3N4O2S. The first-order valence-electron chi connectivity index (χ1n) is 7.05. The Bertz CT molecular complexity index is 1010. The Morgan fingerprint density at radius 2 is 2.04 bits per heavy atom. The number of nitrogens with one attached hydrogen (secondary N) is 1. The summed E-state index contributed by atoms with van der Waals surface area (Å²) in [4.78, 5) is 11.3. The first-order valence-corrected chi connectivity index (χ1v) is 8.04. The summed E-state index contributed by atoms with van der Waals surface area (Å²) < 4.78 is 48.5. The highest BCUT2D eigenvalue weighted by atomic mass is 32.2. The van der Waals surface area contributed by atoms with Gasteiger partial charge in [0.1, 0.15) is 0 Å². The minimum absolute atomic E-state index is 0.319. The van der Waals surface area contributed by atoms with Gasteiger partial charge >= 0.3 is 6.18 Å². The van der Waals surface area contributed by atoms with Crippen LogP contribution in [0.15, 0.2) is 50.7 Å². The van der Waals surface area contributed by atoms with Crippen molar-refractivity contribution in [2.75, 3.05) is 0 Å². The van der Waals surface area contributed by atoms with Crippen LogP contribution in [0.2, 0.25) is 0 Å². The number of halogens is 3. The van der Waals surface area contributed by atoms with Gasteiger partial charge in [-0.15, -0.1) is 0 Å². The van der Waals surface area contributed by atoms with Crippen LogP contribution in [0, 0.1) is 0 Å². The molecule has 0 amide bonds. The van der Waals surface area contributed by atoms with Gasteiger partial charge in [0, 0.05) is 0 Å². The van der Waals surface area contributed by atoms with Crippen LogP contribution in [-0.2, 0) is 11.9 Å². The van der Waals surface area contributed by atoms with Gasteiger partial charge in [-0.1, -0.05) is 16.9 Å². The van der Waals surface area contributed by atoms with Crippen LogP contribution >= 0.6 is 11.8 Å². The summed E-state index contributed by atoms with van der Waals surface area (Å²) in [5.41, 5.74) is 0.0524. The lowest BCUT2D eigenvalue weighted by molar-refractivity contribution is -0.137. The lowest BCUT2D eigenvalue weighted by atomic mass is 10.2. The van der Waals surface area contributed by atoms with Crippen molar-refractivity contribution in [3.8, 4) is 11.6 Å². The molecule has 1 N–H and O–H groups in total. The summed E-state index contributed by atoms with van der Waals surface area (Å²) >= 11 is 1.25. The predicted octanol–water partition coefficient (Wildman–Crippen LogP) is 4.52. The fraction of sp³-hybridized carbons (Fsp3) is 0.133. The monoisotopic (exact) mass is 366 g/mol. The van der Waals surface area contributed by atoms with Crippen molar-refractivity contribution >= 4 is 22.8 Å². The van der Waals surface area contributed by atoms with Gasteiger partial charge in [-0.25, -0.2) is 4.98 Å². The standard InChI is InChI=1S/C15H9F3N4O2S/c16-15(17,18)8-3-4-9-10(6-8)20-14(19-9)25-7-12-21-13(22-24-12)11-2-1-5-23-11/h1-6H,7H2,(H,19,20). The Hall–Kier alpha value is -2.75. The van der Waals surface area contributed by atoms with E-state index in [4.69, 9.17) is 8.94 Å². The molecule has 0 fully saturated rings. The number of aromatic nitrogens is 4. The van der Waals surface area contributed by atoms with Crippen LogP contribution in [0.4, 0.5) is 13.2 Å². The molecule has 1 aromatic carbocycles. The normalized spacial score (nSPS) is 12.1. The second-order valence-corrected chi connectivity index (χ2v) is 6.01. The predicted molar refractivity (Wildman–Crippen MR) is 82.7 cm³/mol. The van der Waals surface area contributed by atoms with Gasteiger partial charge in [-0.3, -0.25) is 0 Å². The van der Waals surface area contributed by atoms with E-state index in [0.29, 0.717) is 39.4 Å². The van der Waals surface area contributed by atoms with Crippen LogP contribution in [0.3, 0.4) is 0 Å². The maximum Gasteiger partial charge on any atom is 0.416 e. The summed E-state index contributed by atoms with van der Waals surface area (Å²) in [6, 6.07) is 6.79. The van der Waals surface area contributed by atoms with Crippen LogP contribution < -0.4 is 0 Å². The number of imidazole rings is 1. The van der Waals surface area contributed by atoms with E-state index in [0.717, 1.165) is 12.1 Å². The fourth-order valence-corrected chi connectivity index (χ4v) is 2.90. The van der Waals surface area contributed by atoms with Crippen molar-refractivity contribution in [1.29, 1.82) is 0 Å². The molecule has 4 aromatic rings. The Labute approximate surface area is 142 Å². The molecule has 3 aromatic heterocycles. The fourth-order valence-electron chi connectivity index (χ4n) is 2.18. The third kappa shape index (κ3) is 3.25. The zero-order valence-electron chi connectivity index (χ0n) is 12.4. The summed E-state index contributed by atoms with van der Waals surface area (Å²) in [6.45, 7) is 0. The zero-order chi connectivity index (χ0) is 17.4. The van der Waals surface area contributed by atoms with E-state index >= 15 is 0 Å². The number of H-pyrrole nitrogens is 1. The Kier molecular flexibility index (Phi) is 3.75. The number of benzene rings is 1. The lowest BCUT2D eigenvalue weighted by Crippen LogP contribution is -2.04. The molecule has 0 aliphatic carbocycles. The average Bonchev–Trinajstić information content (AvgIpc) is 3.30. The molecule has 0 saturated carbocycles. The van der Waals surface area contributed by atoms with Gasteiger partial charge in [-0.05, 0) is 30.3 Å².